The number of likely N-dealkylation sites (tertiary alicyclic amines) is 1. The molecule has 2 nitrogen and oxygen atoms in total. The highest BCUT2D eigenvalue weighted by Crippen LogP contribution is 2.36. The highest BCUT2D eigenvalue weighted by molar-refractivity contribution is 5.26. The molecule has 0 spiro atoms. The van der Waals surface area contributed by atoms with Gasteiger partial charge in [0.25, 0.3) is 0 Å². The summed E-state index contributed by atoms with van der Waals surface area (Å²) in [5.41, 5.74) is 8.87. The fraction of sp³-hybridized carbons (Fsp3) is 0.647. The first-order valence-electron chi connectivity index (χ1n) is 7.66. The normalized spacial score (nSPS) is 25.5. The SMILES string of the molecule is Cc1cccc(C2C(CN)CCCCN2C(C)C)c1. The number of benzene rings is 1. The van der Waals surface area contributed by atoms with Gasteiger partial charge in [0.2, 0.25) is 0 Å². The Balaban J connectivity index is 2.37. The van der Waals surface area contributed by atoms with Crippen molar-refractivity contribution in [3.05, 3.63) is 35.4 Å². The van der Waals surface area contributed by atoms with E-state index in [1.54, 1.807) is 0 Å². The second-order valence-electron chi connectivity index (χ2n) is 6.18. The minimum absolute atomic E-state index is 0.493. The van der Waals surface area contributed by atoms with Crippen molar-refractivity contribution in [1.29, 1.82) is 0 Å². The molecule has 1 aliphatic rings. The van der Waals surface area contributed by atoms with Crippen LogP contribution in [0, 0.1) is 12.8 Å². The molecule has 1 aromatic carbocycles. The van der Waals surface area contributed by atoms with Crippen molar-refractivity contribution in [2.45, 2.75) is 52.1 Å². The first kappa shape index (κ1) is 14.5. The number of hydrogen-bond donors (Lipinski definition) is 1. The van der Waals surface area contributed by atoms with Crippen LogP contribution in [0.2, 0.25) is 0 Å². The molecule has 0 radical (unpaired) electrons. The maximum absolute atomic E-state index is 6.07. The van der Waals surface area contributed by atoms with Crippen LogP contribution in [-0.2, 0) is 0 Å². The van der Waals surface area contributed by atoms with Gasteiger partial charge in [0.15, 0.2) is 0 Å². The average Bonchev–Trinajstić information content (AvgIpc) is 2.60. The van der Waals surface area contributed by atoms with E-state index >= 15 is 0 Å². The molecule has 2 atom stereocenters. The van der Waals surface area contributed by atoms with Gasteiger partial charge in [-0.2, -0.15) is 0 Å². The third-order valence-corrected chi connectivity index (χ3v) is 4.39. The van der Waals surface area contributed by atoms with E-state index in [2.05, 4.69) is 49.9 Å². The Morgan fingerprint density at radius 1 is 1.32 bits per heavy atom. The lowest BCUT2D eigenvalue weighted by molar-refractivity contribution is 0.121. The summed E-state index contributed by atoms with van der Waals surface area (Å²) in [6, 6.07) is 10.1. The van der Waals surface area contributed by atoms with Crippen LogP contribution >= 0.6 is 0 Å². The molecule has 2 rings (SSSR count). The zero-order chi connectivity index (χ0) is 13.8. The topological polar surface area (TPSA) is 29.3 Å². The molecule has 19 heavy (non-hydrogen) atoms. The summed E-state index contributed by atoms with van der Waals surface area (Å²) in [7, 11) is 0. The zero-order valence-electron chi connectivity index (χ0n) is 12.6. The summed E-state index contributed by atoms with van der Waals surface area (Å²) in [4.78, 5) is 2.65. The highest BCUT2D eigenvalue weighted by atomic mass is 15.2. The van der Waals surface area contributed by atoms with Crippen LogP contribution in [0.5, 0.6) is 0 Å². The highest BCUT2D eigenvalue weighted by Gasteiger charge is 2.31. The van der Waals surface area contributed by atoms with Crippen LogP contribution in [-0.4, -0.2) is 24.0 Å². The van der Waals surface area contributed by atoms with Crippen LogP contribution < -0.4 is 5.73 Å². The van der Waals surface area contributed by atoms with Crippen molar-refractivity contribution < 1.29 is 0 Å². The standard InChI is InChI=1S/C17H28N2/c1-13(2)19-10-5-4-8-16(12-18)17(19)15-9-6-7-14(3)11-15/h6-7,9,11,13,16-17H,4-5,8,10,12,18H2,1-3H3. The minimum atomic E-state index is 0.493. The molecule has 2 unspecified atom stereocenters. The maximum atomic E-state index is 6.07. The number of hydrogen-bond acceptors (Lipinski definition) is 2. The number of nitrogens with zero attached hydrogens (tertiary/aromatic N) is 1. The molecule has 1 aromatic rings. The van der Waals surface area contributed by atoms with E-state index in [0.29, 0.717) is 18.0 Å². The first-order valence-corrected chi connectivity index (χ1v) is 7.66. The summed E-state index contributed by atoms with van der Waals surface area (Å²) < 4.78 is 0. The second-order valence-corrected chi connectivity index (χ2v) is 6.18. The maximum Gasteiger partial charge on any atom is 0.0391 e. The van der Waals surface area contributed by atoms with Crippen molar-refractivity contribution in [2.75, 3.05) is 13.1 Å². The largest absolute Gasteiger partial charge is 0.330 e. The summed E-state index contributed by atoms with van der Waals surface area (Å²) in [5, 5.41) is 0. The van der Waals surface area contributed by atoms with E-state index in [1.165, 1.54) is 36.9 Å². The van der Waals surface area contributed by atoms with Crippen LogP contribution in [0.1, 0.15) is 50.3 Å². The van der Waals surface area contributed by atoms with Crippen LogP contribution in [0.15, 0.2) is 24.3 Å². The van der Waals surface area contributed by atoms with Gasteiger partial charge >= 0.3 is 0 Å². The molecule has 1 saturated heterocycles. The number of nitrogens with two attached hydrogens (primary N) is 1. The van der Waals surface area contributed by atoms with Gasteiger partial charge < -0.3 is 5.73 Å². The fourth-order valence-electron chi connectivity index (χ4n) is 3.41. The molecule has 0 amide bonds. The molecule has 0 aromatic heterocycles. The monoisotopic (exact) mass is 260 g/mol. The Bertz CT molecular complexity index is 400. The van der Waals surface area contributed by atoms with Crippen LogP contribution in [0.3, 0.4) is 0 Å². The Hall–Kier alpha value is -0.860. The molecule has 1 fully saturated rings. The molecule has 2 N–H and O–H groups in total. The van der Waals surface area contributed by atoms with Gasteiger partial charge in [0.1, 0.15) is 0 Å². The van der Waals surface area contributed by atoms with Crippen LogP contribution in [0.4, 0.5) is 0 Å². The van der Waals surface area contributed by atoms with Crippen molar-refractivity contribution in [2.24, 2.45) is 11.7 Å². The molecule has 1 heterocycles. The zero-order valence-corrected chi connectivity index (χ0v) is 12.6. The lowest BCUT2D eigenvalue weighted by Crippen LogP contribution is -2.39. The quantitative estimate of drug-likeness (QED) is 0.901. The van der Waals surface area contributed by atoms with E-state index in [0.717, 1.165) is 6.54 Å². The van der Waals surface area contributed by atoms with Gasteiger partial charge in [-0.1, -0.05) is 36.2 Å². The molecule has 1 aliphatic heterocycles. The van der Waals surface area contributed by atoms with Gasteiger partial charge in [-0.15, -0.1) is 0 Å². The second kappa shape index (κ2) is 6.53. The minimum Gasteiger partial charge on any atom is -0.330 e. The van der Waals surface area contributed by atoms with Gasteiger partial charge in [-0.25, -0.2) is 0 Å². The molecule has 0 bridgehead atoms. The van der Waals surface area contributed by atoms with E-state index in [1.807, 2.05) is 0 Å². The van der Waals surface area contributed by atoms with E-state index < -0.39 is 0 Å². The van der Waals surface area contributed by atoms with Gasteiger partial charge in [0.05, 0.1) is 0 Å². The Morgan fingerprint density at radius 2 is 2.11 bits per heavy atom. The molecular formula is C17H28N2. The Labute approximate surface area is 118 Å². The van der Waals surface area contributed by atoms with Gasteiger partial charge in [-0.3, -0.25) is 4.90 Å². The molecular weight excluding hydrogens is 232 g/mol. The van der Waals surface area contributed by atoms with Crippen molar-refractivity contribution >= 4 is 0 Å². The van der Waals surface area contributed by atoms with Crippen molar-refractivity contribution in [1.82, 2.24) is 4.90 Å². The average molecular weight is 260 g/mol. The summed E-state index contributed by atoms with van der Waals surface area (Å²) in [5.74, 6) is 0.590. The molecule has 0 aliphatic carbocycles. The lowest BCUT2D eigenvalue weighted by Gasteiger charge is -2.38. The smallest absolute Gasteiger partial charge is 0.0391 e. The summed E-state index contributed by atoms with van der Waals surface area (Å²) >= 11 is 0. The fourth-order valence-corrected chi connectivity index (χ4v) is 3.41. The predicted molar refractivity (Wildman–Crippen MR) is 82.2 cm³/mol. The van der Waals surface area contributed by atoms with Crippen molar-refractivity contribution in [3.8, 4) is 0 Å². The third kappa shape index (κ3) is 3.37. The van der Waals surface area contributed by atoms with Crippen LogP contribution in [0.25, 0.3) is 0 Å². The predicted octanol–water partition coefficient (Wildman–Crippen LogP) is 3.51. The Morgan fingerprint density at radius 3 is 2.74 bits per heavy atom. The Kier molecular flexibility index (Phi) is 5.00. The molecule has 106 valence electrons. The molecule has 2 heteroatoms. The van der Waals surface area contributed by atoms with Gasteiger partial charge in [-0.05, 0) is 58.2 Å². The first-order chi connectivity index (χ1) is 9.13. The lowest BCUT2D eigenvalue weighted by atomic mass is 9.88. The van der Waals surface area contributed by atoms with Gasteiger partial charge in [0, 0.05) is 12.1 Å². The summed E-state index contributed by atoms with van der Waals surface area (Å²) in [6.07, 6.45) is 3.88. The van der Waals surface area contributed by atoms with E-state index in [4.69, 9.17) is 5.73 Å². The van der Waals surface area contributed by atoms with Crippen molar-refractivity contribution in [3.63, 3.8) is 0 Å². The molecule has 0 saturated carbocycles. The third-order valence-electron chi connectivity index (χ3n) is 4.39. The van der Waals surface area contributed by atoms with E-state index in [9.17, 15) is 0 Å². The summed E-state index contributed by atoms with van der Waals surface area (Å²) in [6.45, 7) is 8.79. The number of aryl methyl sites for hydroxylation is 1. The number of rotatable bonds is 3. The van der Waals surface area contributed by atoms with E-state index in [-0.39, 0.29) is 0 Å².